The number of rotatable bonds is 4. The molecule has 1 amide bonds. The minimum absolute atomic E-state index is 0.123. The van der Waals surface area contributed by atoms with E-state index in [9.17, 15) is 4.79 Å². The van der Waals surface area contributed by atoms with Crippen LogP contribution in [0.15, 0.2) is 6.07 Å². The van der Waals surface area contributed by atoms with Gasteiger partial charge in [0.05, 0.1) is 29.0 Å². The summed E-state index contributed by atoms with van der Waals surface area (Å²) in [7, 11) is 0. The minimum Gasteiger partial charge on any atom is -0.492 e. The van der Waals surface area contributed by atoms with E-state index < -0.39 is 0 Å². The van der Waals surface area contributed by atoms with Crippen LogP contribution < -0.4 is 15.8 Å². The zero-order valence-corrected chi connectivity index (χ0v) is 15.7. The van der Waals surface area contributed by atoms with Crippen molar-refractivity contribution in [3.63, 3.8) is 0 Å². The average molecular weight is 380 g/mol. The number of anilines is 1. The first kappa shape index (κ1) is 17.9. The Labute approximate surface area is 158 Å². The number of benzene rings is 1. The molecular weight excluding hydrogens is 354 g/mol. The van der Waals surface area contributed by atoms with Crippen LogP contribution in [-0.4, -0.2) is 55.8 Å². The molecule has 4 rings (SSSR count). The summed E-state index contributed by atoms with van der Waals surface area (Å²) >= 11 is 6.21. The molecule has 142 valence electrons. The van der Waals surface area contributed by atoms with Crippen molar-refractivity contribution in [3.05, 3.63) is 22.2 Å². The smallest absolute Gasteiger partial charge is 0.255 e. The number of fused-ring (bicyclic) bond motifs is 1. The minimum atomic E-state index is -0.123. The largest absolute Gasteiger partial charge is 0.492 e. The molecule has 7 heteroatoms. The SMILES string of the molecule is Nc1c(Cl)cc(C(=O)NC2CCN(CC3CCCO3)CC2)c2c1CCO2. The Kier molecular flexibility index (Phi) is 5.25. The number of nitrogen functional groups attached to an aromatic ring is 1. The fourth-order valence-corrected chi connectivity index (χ4v) is 4.36. The number of halogens is 1. The Balaban J connectivity index is 1.35. The number of hydrogen-bond donors (Lipinski definition) is 2. The highest BCUT2D eigenvalue weighted by atomic mass is 35.5. The van der Waals surface area contributed by atoms with Gasteiger partial charge in [0.2, 0.25) is 0 Å². The molecular formula is C19H26ClN3O3. The lowest BCUT2D eigenvalue weighted by Crippen LogP contribution is -2.46. The molecule has 1 atom stereocenters. The van der Waals surface area contributed by atoms with Crippen LogP contribution in [-0.2, 0) is 11.2 Å². The first-order valence-corrected chi connectivity index (χ1v) is 9.88. The van der Waals surface area contributed by atoms with Crippen molar-refractivity contribution in [2.45, 2.75) is 44.2 Å². The standard InChI is InChI=1S/C19H26ClN3O3/c20-16-10-15(18-14(17(16)21)5-9-26-18)19(24)22-12-3-6-23(7-4-12)11-13-2-1-8-25-13/h10,12-13H,1-9,11,21H2,(H,22,24). The summed E-state index contributed by atoms with van der Waals surface area (Å²) in [6.45, 7) is 4.43. The van der Waals surface area contributed by atoms with Gasteiger partial charge < -0.3 is 25.4 Å². The number of amides is 1. The molecule has 26 heavy (non-hydrogen) atoms. The van der Waals surface area contributed by atoms with Crippen molar-refractivity contribution in [1.82, 2.24) is 10.2 Å². The number of carbonyl (C=O) groups is 1. The molecule has 1 aromatic rings. The number of ether oxygens (including phenoxy) is 2. The van der Waals surface area contributed by atoms with Gasteiger partial charge >= 0.3 is 0 Å². The topological polar surface area (TPSA) is 76.8 Å². The number of hydrogen-bond acceptors (Lipinski definition) is 5. The Morgan fingerprint density at radius 1 is 1.31 bits per heavy atom. The van der Waals surface area contributed by atoms with Gasteiger partial charge in [0.1, 0.15) is 5.75 Å². The van der Waals surface area contributed by atoms with E-state index in [-0.39, 0.29) is 11.9 Å². The highest BCUT2D eigenvalue weighted by Crippen LogP contribution is 2.38. The maximum Gasteiger partial charge on any atom is 0.255 e. The van der Waals surface area contributed by atoms with Crippen LogP contribution in [0, 0.1) is 0 Å². The molecule has 0 radical (unpaired) electrons. The molecule has 2 saturated heterocycles. The van der Waals surface area contributed by atoms with Crippen molar-refractivity contribution in [2.75, 3.05) is 38.6 Å². The highest BCUT2D eigenvalue weighted by molar-refractivity contribution is 6.33. The first-order chi connectivity index (χ1) is 12.6. The quantitative estimate of drug-likeness (QED) is 0.784. The second-order valence-corrected chi connectivity index (χ2v) is 7.82. The molecule has 6 nitrogen and oxygen atoms in total. The van der Waals surface area contributed by atoms with Gasteiger partial charge in [0.15, 0.2) is 0 Å². The number of likely N-dealkylation sites (tertiary alicyclic amines) is 1. The van der Waals surface area contributed by atoms with E-state index in [1.165, 1.54) is 12.8 Å². The fraction of sp³-hybridized carbons (Fsp3) is 0.632. The van der Waals surface area contributed by atoms with E-state index in [1.807, 2.05) is 0 Å². The molecule has 3 heterocycles. The van der Waals surface area contributed by atoms with Crippen LogP contribution in [0.3, 0.4) is 0 Å². The van der Waals surface area contributed by atoms with Crippen molar-refractivity contribution < 1.29 is 14.3 Å². The Hall–Kier alpha value is -1.50. The third kappa shape index (κ3) is 3.63. The molecule has 0 aromatic heterocycles. The lowest BCUT2D eigenvalue weighted by atomic mass is 10.0. The molecule has 0 saturated carbocycles. The van der Waals surface area contributed by atoms with Gasteiger partial charge in [-0.05, 0) is 31.7 Å². The van der Waals surface area contributed by atoms with Crippen LogP contribution in [0.1, 0.15) is 41.6 Å². The van der Waals surface area contributed by atoms with Gasteiger partial charge in [0, 0.05) is 44.3 Å². The van der Waals surface area contributed by atoms with Crippen LogP contribution >= 0.6 is 11.6 Å². The van der Waals surface area contributed by atoms with E-state index in [2.05, 4.69) is 10.2 Å². The predicted molar refractivity (Wildman–Crippen MR) is 101 cm³/mol. The van der Waals surface area contributed by atoms with Gasteiger partial charge in [-0.3, -0.25) is 4.79 Å². The third-order valence-corrected chi connectivity index (χ3v) is 5.94. The summed E-state index contributed by atoms with van der Waals surface area (Å²) in [5, 5.41) is 3.57. The van der Waals surface area contributed by atoms with Crippen LogP contribution in [0.5, 0.6) is 5.75 Å². The first-order valence-electron chi connectivity index (χ1n) is 9.50. The summed E-state index contributed by atoms with van der Waals surface area (Å²) in [4.78, 5) is 15.2. The molecule has 0 aliphatic carbocycles. The maximum atomic E-state index is 12.8. The van der Waals surface area contributed by atoms with E-state index >= 15 is 0 Å². The Morgan fingerprint density at radius 3 is 2.85 bits per heavy atom. The lowest BCUT2D eigenvalue weighted by Gasteiger charge is -2.33. The molecule has 3 aliphatic rings. The van der Waals surface area contributed by atoms with Crippen LogP contribution in [0.4, 0.5) is 5.69 Å². The summed E-state index contributed by atoms with van der Waals surface area (Å²) in [6.07, 6.45) is 5.32. The molecule has 1 unspecified atom stereocenters. The second-order valence-electron chi connectivity index (χ2n) is 7.41. The third-order valence-electron chi connectivity index (χ3n) is 5.62. The zero-order valence-electron chi connectivity index (χ0n) is 14.9. The molecule has 0 bridgehead atoms. The van der Waals surface area contributed by atoms with Gasteiger partial charge in [0.25, 0.3) is 5.91 Å². The average Bonchev–Trinajstić information content (AvgIpc) is 3.31. The van der Waals surface area contributed by atoms with Crippen molar-refractivity contribution in [3.8, 4) is 5.75 Å². The van der Waals surface area contributed by atoms with Crippen molar-refractivity contribution in [2.24, 2.45) is 0 Å². The normalized spacial score (nSPS) is 23.7. The van der Waals surface area contributed by atoms with Gasteiger partial charge in [-0.25, -0.2) is 0 Å². The maximum absolute atomic E-state index is 12.8. The molecule has 0 spiro atoms. The molecule has 2 fully saturated rings. The summed E-state index contributed by atoms with van der Waals surface area (Å²) in [5.74, 6) is 0.475. The number of nitrogens with zero attached hydrogens (tertiary/aromatic N) is 1. The lowest BCUT2D eigenvalue weighted by molar-refractivity contribution is 0.0612. The van der Waals surface area contributed by atoms with E-state index in [1.54, 1.807) is 6.07 Å². The van der Waals surface area contributed by atoms with Crippen LogP contribution in [0.25, 0.3) is 0 Å². The zero-order chi connectivity index (χ0) is 18.1. The fourth-order valence-electron chi connectivity index (χ4n) is 4.14. The highest BCUT2D eigenvalue weighted by Gasteiger charge is 2.28. The monoisotopic (exact) mass is 379 g/mol. The summed E-state index contributed by atoms with van der Waals surface area (Å²) < 4.78 is 11.4. The molecule has 3 aliphatic heterocycles. The second kappa shape index (κ2) is 7.62. The van der Waals surface area contributed by atoms with Gasteiger partial charge in [-0.15, -0.1) is 0 Å². The van der Waals surface area contributed by atoms with Gasteiger partial charge in [-0.1, -0.05) is 11.6 Å². The Morgan fingerprint density at radius 2 is 2.12 bits per heavy atom. The Bertz CT molecular complexity index is 683. The summed E-state index contributed by atoms with van der Waals surface area (Å²) in [5.41, 5.74) is 7.89. The molecule has 3 N–H and O–H groups in total. The molecule has 1 aromatic carbocycles. The summed E-state index contributed by atoms with van der Waals surface area (Å²) in [6, 6.07) is 1.81. The van der Waals surface area contributed by atoms with Crippen molar-refractivity contribution >= 4 is 23.2 Å². The van der Waals surface area contributed by atoms with Crippen molar-refractivity contribution in [1.29, 1.82) is 0 Å². The number of carbonyl (C=O) groups excluding carboxylic acids is 1. The number of piperidine rings is 1. The van der Waals surface area contributed by atoms with Gasteiger partial charge in [-0.2, -0.15) is 0 Å². The van der Waals surface area contributed by atoms with E-state index in [0.717, 1.165) is 44.6 Å². The predicted octanol–water partition coefficient (Wildman–Crippen LogP) is 2.23. The van der Waals surface area contributed by atoms with Crippen LogP contribution in [0.2, 0.25) is 5.02 Å². The van der Waals surface area contributed by atoms with E-state index in [4.69, 9.17) is 26.8 Å². The number of nitrogens with one attached hydrogen (secondary N) is 1. The number of nitrogens with two attached hydrogens (primary N) is 1. The van der Waals surface area contributed by atoms with E-state index in [0.29, 0.717) is 41.2 Å².